The second-order valence-corrected chi connectivity index (χ2v) is 9.09. The van der Waals surface area contributed by atoms with Gasteiger partial charge in [0.05, 0.1) is 27.8 Å². The van der Waals surface area contributed by atoms with Crippen LogP contribution in [0.15, 0.2) is 42.7 Å². The van der Waals surface area contributed by atoms with Crippen molar-refractivity contribution < 1.29 is 9.59 Å². The standard InChI is InChI=1S/C24H26ClN5O2/c25-19-6-2-1-5-18(19)24(32)29-12-8-16(9-13-29)23(31)30-11-3-4-17(15-30)22-27-20-7-10-26-14-21(20)28-22/h1-2,5-7,10,14,16-17H,3-4,8-9,11-13,15H2,(H,27,28). The highest BCUT2D eigenvalue weighted by molar-refractivity contribution is 6.33. The lowest BCUT2D eigenvalue weighted by Crippen LogP contribution is -2.47. The van der Waals surface area contributed by atoms with Gasteiger partial charge in [0.25, 0.3) is 5.91 Å². The highest BCUT2D eigenvalue weighted by Crippen LogP contribution is 2.29. The molecule has 166 valence electrons. The first-order chi connectivity index (χ1) is 15.6. The summed E-state index contributed by atoms with van der Waals surface area (Å²) in [4.78, 5) is 42.1. The van der Waals surface area contributed by atoms with E-state index < -0.39 is 0 Å². The number of hydrogen-bond donors (Lipinski definition) is 1. The summed E-state index contributed by atoms with van der Waals surface area (Å²) in [7, 11) is 0. The molecule has 7 nitrogen and oxygen atoms in total. The van der Waals surface area contributed by atoms with Crippen LogP contribution in [0.2, 0.25) is 5.02 Å². The van der Waals surface area contributed by atoms with E-state index in [0.29, 0.717) is 43.1 Å². The summed E-state index contributed by atoms with van der Waals surface area (Å²) in [5.74, 6) is 1.26. The van der Waals surface area contributed by atoms with Gasteiger partial charge in [-0.25, -0.2) is 4.98 Å². The number of aromatic nitrogens is 3. The number of carbonyl (C=O) groups is 2. The first-order valence-electron chi connectivity index (χ1n) is 11.2. The van der Waals surface area contributed by atoms with E-state index in [0.717, 1.165) is 36.2 Å². The zero-order valence-electron chi connectivity index (χ0n) is 17.8. The van der Waals surface area contributed by atoms with Crippen LogP contribution in [0.5, 0.6) is 0 Å². The molecule has 0 radical (unpaired) electrons. The number of amides is 2. The Balaban J connectivity index is 1.20. The van der Waals surface area contributed by atoms with Gasteiger partial charge in [0.15, 0.2) is 0 Å². The number of H-pyrrole nitrogens is 1. The van der Waals surface area contributed by atoms with Gasteiger partial charge >= 0.3 is 0 Å². The van der Waals surface area contributed by atoms with Crippen LogP contribution in [0.25, 0.3) is 11.0 Å². The number of halogens is 1. The number of benzene rings is 1. The van der Waals surface area contributed by atoms with E-state index in [-0.39, 0.29) is 23.7 Å². The van der Waals surface area contributed by atoms with E-state index in [4.69, 9.17) is 16.6 Å². The highest BCUT2D eigenvalue weighted by Gasteiger charge is 2.34. The Labute approximate surface area is 191 Å². The number of fused-ring (bicyclic) bond motifs is 1. The van der Waals surface area contributed by atoms with Gasteiger partial charge in [-0.2, -0.15) is 0 Å². The molecule has 2 aliphatic heterocycles. The number of rotatable bonds is 3. The van der Waals surface area contributed by atoms with Gasteiger partial charge in [0.1, 0.15) is 5.82 Å². The maximum atomic E-state index is 13.3. The molecule has 1 atom stereocenters. The first-order valence-corrected chi connectivity index (χ1v) is 11.6. The molecule has 2 saturated heterocycles. The van der Waals surface area contributed by atoms with E-state index in [1.807, 2.05) is 28.0 Å². The fourth-order valence-electron chi connectivity index (χ4n) is 4.86. The summed E-state index contributed by atoms with van der Waals surface area (Å²) >= 11 is 6.19. The Morgan fingerprint density at radius 3 is 2.62 bits per heavy atom. The van der Waals surface area contributed by atoms with E-state index in [1.54, 1.807) is 24.5 Å². The molecule has 2 aliphatic rings. The van der Waals surface area contributed by atoms with Crippen LogP contribution in [0.1, 0.15) is 47.8 Å². The predicted molar refractivity (Wildman–Crippen MR) is 123 cm³/mol. The smallest absolute Gasteiger partial charge is 0.255 e. The Hall–Kier alpha value is -2.93. The first kappa shape index (κ1) is 20.9. The van der Waals surface area contributed by atoms with Gasteiger partial charge in [0, 0.05) is 44.2 Å². The van der Waals surface area contributed by atoms with Crippen molar-refractivity contribution in [1.82, 2.24) is 24.8 Å². The normalized spacial score (nSPS) is 20.0. The molecule has 2 amide bonds. The minimum atomic E-state index is -0.0566. The number of hydrogen-bond acceptors (Lipinski definition) is 4. The minimum absolute atomic E-state index is 0.0380. The van der Waals surface area contributed by atoms with Crippen molar-refractivity contribution in [2.45, 2.75) is 31.6 Å². The van der Waals surface area contributed by atoms with Gasteiger partial charge < -0.3 is 14.8 Å². The summed E-state index contributed by atoms with van der Waals surface area (Å²) < 4.78 is 0. The third-order valence-corrected chi connectivity index (χ3v) is 6.99. The number of nitrogens with one attached hydrogen (secondary N) is 1. The third kappa shape index (κ3) is 4.09. The Bertz CT molecular complexity index is 1110. The summed E-state index contributed by atoms with van der Waals surface area (Å²) in [5.41, 5.74) is 2.37. The van der Waals surface area contributed by atoms with Crippen LogP contribution in [0.4, 0.5) is 0 Å². The molecule has 0 saturated carbocycles. The molecule has 0 bridgehead atoms. The van der Waals surface area contributed by atoms with E-state index in [2.05, 4.69) is 9.97 Å². The molecule has 1 aromatic carbocycles. The molecule has 1 unspecified atom stereocenters. The molecule has 4 heterocycles. The molecule has 0 spiro atoms. The zero-order chi connectivity index (χ0) is 22.1. The molecule has 1 N–H and O–H groups in total. The lowest BCUT2D eigenvalue weighted by molar-refractivity contribution is -0.138. The van der Waals surface area contributed by atoms with Crippen molar-refractivity contribution in [3.05, 3.63) is 59.1 Å². The van der Waals surface area contributed by atoms with Gasteiger partial charge in [-0.3, -0.25) is 14.6 Å². The molecule has 0 aliphatic carbocycles. The van der Waals surface area contributed by atoms with E-state index >= 15 is 0 Å². The second-order valence-electron chi connectivity index (χ2n) is 8.68. The minimum Gasteiger partial charge on any atom is -0.342 e. The molecule has 2 aromatic heterocycles. The number of imidazole rings is 1. The summed E-state index contributed by atoms with van der Waals surface area (Å²) in [5, 5.41) is 0.469. The molecule has 32 heavy (non-hydrogen) atoms. The number of piperidine rings is 2. The Morgan fingerprint density at radius 1 is 1.03 bits per heavy atom. The van der Waals surface area contributed by atoms with Crippen LogP contribution in [-0.2, 0) is 4.79 Å². The maximum absolute atomic E-state index is 13.3. The van der Waals surface area contributed by atoms with Crippen LogP contribution in [-0.4, -0.2) is 62.7 Å². The van der Waals surface area contributed by atoms with Crippen molar-refractivity contribution >= 4 is 34.4 Å². The lowest BCUT2D eigenvalue weighted by atomic mass is 9.91. The van der Waals surface area contributed by atoms with Crippen molar-refractivity contribution in [1.29, 1.82) is 0 Å². The molecule has 2 fully saturated rings. The van der Waals surface area contributed by atoms with E-state index in [9.17, 15) is 9.59 Å². The summed E-state index contributed by atoms with van der Waals surface area (Å²) in [6.07, 6.45) is 6.89. The van der Waals surface area contributed by atoms with Crippen molar-refractivity contribution in [3.63, 3.8) is 0 Å². The molecule has 8 heteroatoms. The van der Waals surface area contributed by atoms with E-state index in [1.165, 1.54) is 0 Å². The maximum Gasteiger partial charge on any atom is 0.255 e. The Morgan fingerprint density at radius 2 is 1.84 bits per heavy atom. The highest BCUT2D eigenvalue weighted by atomic mass is 35.5. The van der Waals surface area contributed by atoms with Crippen molar-refractivity contribution in [3.8, 4) is 0 Å². The fourth-order valence-corrected chi connectivity index (χ4v) is 5.08. The third-order valence-electron chi connectivity index (χ3n) is 6.66. The monoisotopic (exact) mass is 451 g/mol. The zero-order valence-corrected chi connectivity index (χ0v) is 18.6. The average molecular weight is 452 g/mol. The van der Waals surface area contributed by atoms with Crippen molar-refractivity contribution in [2.24, 2.45) is 5.92 Å². The number of carbonyl (C=O) groups excluding carboxylic acids is 2. The van der Waals surface area contributed by atoms with Crippen molar-refractivity contribution in [2.75, 3.05) is 26.2 Å². The molecule has 3 aromatic rings. The van der Waals surface area contributed by atoms with Crippen LogP contribution in [0.3, 0.4) is 0 Å². The predicted octanol–water partition coefficient (Wildman–Crippen LogP) is 3.87. The second kappa shape index (κ2) is 8.90. The lowest BCUT2D eigenvalue weighted by Gasteiger charge is -2.37. The fraction of sp³-hybridized carbons (Fsp3) is 0.417. The number of aromatic amines is 1. The topological polar surface area (TPSA) is 82.2 Å². The van der Waals surface area contributed by atoms with Gasteiger partial charge in [-0.05, 0) is 43.9 Å². The van der Waals surface area contributed by atoms with Crippen LogP contribution in [0, 0.1) is 5.92 Å². The van der Waals surface area contributed by atoms with Crippen LogP contribution < -0.4 is 0 Å². The largest absolute Gasteiger partial charge is 0.342 e. The number of likely N-dealkylation sites (tertiary alicyclic amines) is 2. The molecular weight excluding hydrogens is 426 g/mol. The Kier molecular flexibility index (Phi) is 5.83. The quantitative estimate of drug-likeness (QED) is 0.655. The van der Waals surface area contributed by atoms with Gasteiger partial charge in [0.2, 0.25) is 5.91 Å². The SMILES string of the molecule is O=C(c1ccccc1Cl)N1CCC(C(=O)N2CCCC(c3nc4ccncc4[nH]3)C2)CC1. The average Bonchev–Trinajstić information content (AvgIpc) is 3.28. The number of pyridine rings is 1. The molecule has 5 rings (SSSR count). The van der Waals surface area contributed by atoms with Gasteiger partial charge in [-0.15, -0.1) is 0 Å². The molecular formula is C24H26ClN5O2. The number of nitrogens with zero attached hydrogens (tertiary/aromatic N) is 4. The summed E-state index contributed by atoms with van der Waals surface area (Å²) in [6.45, 7) is 2.63. The summed E-state index contributed by atoms with van der Waals surface area (Å²) in [6, 6.07) is 9.03. The van der Waals surface area contributed by atoms with Crippen LogP contribution >= 0.6 is 11.6 Å². The van der Waals surface area contributed by atoms with Gasteiger partial charge in [-0.1, -0.05) is 23.7 Å².